The number of amides is 2. The van der Waals surface area contributed by atoms with Crippen LogP contribution in [0.15, 0.2) is 24.3 Å². The number of benzene rings is 1. The van der Waals surface area contributed by atoms with Crippen molar-refractivity contribution in [3.8, 4) is 0 Å². The zero-order valence-corrected chi connectivity index (χ0v) is 11.3. The summed E-state index contributed by atoms with van der Waals surface area (Å²) >= 11 is 0. The second-order valence-corrected chi connectivity index (χ2v) is 4.24. The van der Waals surface area contributed by atoms with E-state index in [0.29, 0.717) is 13.1 Å². The predicted octanol–water partition coefficient (Wildman–Crippen LogP) is 2.33. The standard InChI is InChI=1S/C14H20N2O3/c1-3-9-16(4-2)14(19)15-10-11-5-7-12(8-6-11)13(17)18/h5-8H,3-4,9-10H2,1-2H3,(H,15,19)(H,17,18). The molecule has 0 radical (unpaired) electrons. The van der Waals surface area contributed by atoms with Crippen LogP contribution in [-0.2, 0) is 6.54 Å². The van der Waals surface area contributed by atoms with Crippen LogP contribution in [0.4, 0.5) is 4.79 Å². The second kappa shape index (κ2) is 7.41. The largest absolute Gasteiger partial charge is 0.478 e. The Labute approximate surface area is 113 Å². The zero-order valence-electron chi connectivity index (χ0n) is 11.3. The Morgan fingerprint density at radius 1 is 1.21 bits per heavy atom. The first-order valence-corrected chi connectivity index (χ1v) is 6.43. The van der Waals surface area contributed by atoms with Crippen LogP contribution in [0.25, 0.3) is 0 Å². The summed E-state index contributed by atoms with van der Waals surface area (Å²) in [4.78, 5) is 24.3. The van der Waals surface area contributed by atoms with E-state index in [0.717, 1.165) is 18.5 Å². The molecule has 5 heteroatoms. The van der Waals surface area contributed by atoms with Gasteiger partial charge in [0.2, 0.25) is 0 Å². The van der Waals surface area contributed by atoms with Crippen molar-refractivity contribution in [2.24, 2.45) is 0 Å². The van der Waals surface area contributed by atoms with Gasteiger partial charge in [-0.2, -0.15) is 0 Å². The van der Waals surface area contributed by atoms with Crippen LogP contribution < -0.4 is 5.32 Å². The van der Waals surface area contributed by atoms with Gasteiger partial charge < -0.3 is 15.3 Å². The monoisotopic (exact) mass is 264 g/mol. The molecule has 0 aliphatic carbocycles. The first kappa shape index (κ1) is 15.0. The number of carboxylic acid groups (broad SMARTS) is 1. The number of nitrogens with one attached hydrogen (secondary N) is 1. The Hall–Kier alpha value is -2.04. The third-order valence-corrected chi connectivity index (χ3v) is 2.81. The number of rotatable bonds is 6. The Kier molecular flexibility index (Phi) is 5.85. The zero-order chi connectivity index (χ0) is 14.3. The van der Waals surface area contributed by atoms with Gasteiger partial charge in [-0.1, -0.05) is 19.1 Å². The van der Waals surface area contributed by atoms with Gasteiger partial charge in [0.15, 0.2) is 0 Å². The van der Waals surface area contributed by atoms with Gasteiger partial charge in [-0.15, -0.1) is 0 Å². The molecule has 104 valence electrons. The molecule has 0 unspecified atom stereocenters. The number of carbonyl (C=O) groups is 2. The SMILES string of the molecule is CCCN(CC)C(=O)NCc1ccc(C(=O)O)cc1. The van der Waals surface area contributed by atoms with Gasteiger partial charge in [-0.25, -0.2) is 9.59 Å². The van der Waals surface area contributed by atoms with E-state index < -0.39 is 5.97 Å². The van der Waals surface area contributed by atoms with Crippen molar-refractivity contribution in [2.45, 2.75) is 26.8 Å². The molecule has 5 nitrogen and oxygen atoms in total. The highest BCUT2D eigenvalue weighted by Gasteiger charge is 2.09. The number of carboxylic acids is 1. The maximum Gasteiger partial charge on any atom is 0.335 e. The molecule has 0 aromatic heterocycles. The summed E-state index contributed by atoms with van der Waals surface area (Å²) in [6.07, 6.45) is 0.925. The highest BCUT2D eigenvalue weighted by molar-refractivity contribution is 5.87. The molecule has 2 N–H and O–H groups in total. The lowest BCUT2D eigenvalue weighted by Gasteiger charge is -2.20. The molecular formula is C14H20N2O3. The van der Waals surface area contributed by atoms with Crippen molar-refractivity contribution in [1.82, 2.24) is 10.2 Å². The molecule has 0 fully saturated rings. The fourth-order valence-electron chi connectivity index (χ4n) is 1.73. The highest BCUT2D eigenvalue weighted by atomic mass is 16.4. The van der Waals surface area contributed by atoms with Crippen molar-refractivity contribution >= 4 is 12.0 Å². The molecule has 1 aromatic rings. The van der Waals surface area contributed by atoms with Crippen molar-refractivity contribution in [2.75, 3.05) is 13.1 Å². The van der Waals surface area contributed by atoms with Crippen LogP contribution >= 0.6 is 0 Å². The van der Waals surface area contributed by atoms with E-state index in [1.807, 2.05) is 13.8 Å². The van der Waals surface area contributed by atoms with Gasteiger partial charge in [0.05, 0.1) is 5.56 Å². The van der Waals surface area contributed by atoms with E-state index in [4.69, 9.17) is 5.11 Å². The summed E-state index contributed by atoms with van der Waals surface area (Å²) in [5, 5.41) is 11.6. The maximum absolute atomic E-state index is 11.8. The van der Waals surface area contributed by atoms with E-state index in [9.17, 15) is 9.59 Å². The Morgan fingerprint density at radius 2 is 1.84 bits per heavy atom. The van der Waals surface area contributed by atoms with Gasteiger partial charge >= 0.3 is 12.0 Å². The van der Waals surface area contributed by atoms with E-state index in [1.54, 1.807) is 17.0 Å². The third-order valence-electron chi connectivity index (χ3n) is 2.81. The molecular weight excluding hydrogens is 244 g/mol. The van der Waals surface area contributed by atoms with Crippen molar-refractivity contribution in [1.29, 1.82) is 0 Å². The van der Waals surface area contributed by atoms with Crippen LogP contribution in [0.1, 0.15) is 36.2 Å². The molecule has 0 aliphatic heterocycles. The first-order valence-electron chi connectivity index (χ1n) is 6.43. The van der Waals surface area contributed by atoms with Crippen molar-refractivity contribution < 1.29 is 14.7 Å². The van der Waals surface area contributed by atoms with Crippen LogP contribution in [-0.4, -0.2) is 35.1 Å². The van der Waals surface area contributed by atoms with Crippen LogP contribution in [0.2, 0.25) is 0 Å². The summed E-state index contributed by atoms with van der Waals surface area (Å²) < 4.78 is 0. The molecule has 1 rings (SSSR count). The summed E-state index contributed by atoms with van der Waals surface area (Å²) in [5.41, 5.74) is 1.13. The lowest BCUT2D eigenvalue weighted by atomic mass is 10.1. The fourth-order valence-corrected chi connectivity index (χ4v) is 1.73. The molecule has 0 bridgehead atoms. The number of hydrogen-bond donors (Lipinski definition) is 2. The van der Waals surface area contributed by atoms with E-state index in [-0.39, 0.29) is 11.6 Å². The Balaban J connectivity index is 2.52. The molecule has 0 atom stereocenters. The maximum atomic E-state index is 11.8. The number of aromatic carboxylic acids is 1. The number of nitrogens with zero attached hydrogens (tertiary/aromatic N) is 1. The van der Waals surface area contributed by atoms with Crippen LogP contribution in [0.3, 0.4) is 0 Å². The minimum absolute atomic E-state index is 0.0911. The minimum Gasteiger partial charge on any atom is -0.478 e. The number of carbonyl (C=O) groups excluding carboxylic acids is 1. The second-order valence-electron chi connectivity index (χ2n) is 4.24. The van der Waals surface area contributed by atoms with Crippen molar-refractivity contribution in [3.63, 3.8) is 0 Å². The van der Waals surface area contributed by atoms with Gasteiger partial charge in [-0.05, 0) is 31.0 Å². The van der Waals surface area contributed by atoms with E-state index in [2.05, 4.69) is 5.32 Å². The predicted molar refractivity (Wildman–Crippen MR) is 73.2 cm³/mol. The molecule has 0 aliphatic rings. The average molecular weight is 264 g/mol. The Bertz CT molecular complexity index is 429. The molecule has 2 amide bonds. The minimum atomic E-state index is -0.948. The van der Waals surface area contributed by atoms with Crippen LogP contribution in [0.5, 0.6) is 0 Å². The first-order chi connectivity index (χ1) is 9.08. The lowest BCUT2D eigenvalue weighted by Crippen LogP contribution is -2.39. The van der Waals surface area contributed by atoms with Crippen LogP contribution in [0, 0.1) is 0 Å². The van der Waals surface area contributed by atoms with Crippen molar-refractivity contribution in [3.05, 3.63) is 35.4 Å². The van der Waals surface area contributed by atoms with Gasteiger partial charge in [0, 0.05) is 19.6 Å². The third kappa shape index (κ3) is 4.62. The topological polar surface area (TPSA) is 69.6 Å². The fraction of sp³-hybridized carbons (Fsp3) is 0.429. The van der Waals surface area contributed by atoms with E-state index in [1.165, 1.54) is 12.1 Å². The molecule has 0 saturated carbocycles. The summed E-state index contributed by atoms with van der Waals surface area (Å²) in [7, 11) is 0. The Morgan fingerprint density at radius 3 is 2.32 bits per heavy atom. The quantitative estimate of drug-likeness (QED) is 0.828. The van der Waals surface area contributed by atoms with E-state index >= 15 is 0 Å². The number of hydrogen-bond acceptors (Lipinski definition) is 2. The lowest BCUT2D eigenvalue weighted by molar-refractivity contribution is 0.0697. The average Bonchev–Trinajstić information content (AvgIpc) is 2.42. The molecule has 0 saturated heterocycles. The molecule has 0 spiro atoms. The molecule has 0 heterocycles. The summed E-state index contributed by atoms with van der Waals surface area (Å²) in [6, 6.07) is 6.40. The number of urea groups is 1. The smallest absolute Gasteiger partial charge is 0.335 e. The summed E-state index contributed by atoms with van der Waals surface area (Å²) in [6.45, 7) is 5.79. The van der Waals surface area contributed by atoms with Gasteiger partial charge in [0.25, 0.3) is 0 Å². The highest BCUT2D eigenvalue weighted by Crippen LogP contribution is 2.04. The molecule has 1 aromatic carbocycles. The normalized spacial score (nSPS) is 10.0. The van der Waals surface area contributed by atoms with Gasteiger partial charge in [0.1, 0.15) is 0 Å². The summed E-state index contributed by atoms with van der Waals surface area (Å²) in [5.74, 6) is -0.948. The van der Waals surface area contributed by atoms with Gasteiger partial charge in [-0.3, -0.25) is 0 Å². The molecule has 19 heavy (non-hydrogen) atoms.